The van der Waals surface area contributed by atoms with E-state index in [0.717, 1.165) is 27.4 Å². The molecule has 2 heterocycles. The highest BCUT2D eigenvalue weighted by atomic mass is 35.5. The number of halogens is 1. The smallest absolute Gasteiger partial charge is 0.181 e. The van der Waals surface area contributed by atoms with E-state index in [0.29, 0.717) is 12.4 Å². The lowest BCUT2D eigenvalue weighted by atomic mass is 10.2. The molecule has 0 saturated carbocycles. The zero-order valence-corrected chi connectivity index (χ0v) is 13.5. The van der Waals surface area contributed by atoms with Crippen molar-refractivity contribution in [2.75, 3.05) is 5.32 Å². The molecule has 0 fully saturated rings. The number of para-hydroxylation sites is 1. The van der Waals surface area contributed by atoms with Gasteiger partial charge in [-0.2, -0.15) is 5.10 Å². The third-order valence-corrected chi connectivity index (χ3v) is 3.91. The standard InChI is InChI=1S/C18H14ClN5/c19-14-8-6-13(7-9-14)10-20-17-12-21-18-16(23-17)11-22-24(18)15-4-2-1-3-5-15/h1-9,11-12H,10H2,(H,20,23). The molecule has 24 heavy (non-hydrogen) atoms. The van der Waals surface area contributed by atoms with E-state index in [1.165, 1.54) is 0 Å². The highest BCUT2D eigenvalue weighted by Gasteiger charge is 2.08. The van der Waals surface area contributed by atoms with Crippen molar-refractivity contribution in [2.24, 2.45) is 0 Å². The van der Waals surface area contributed by atoms with Crippen molar-refractivity contribution in [3.8, 4) is 5.69 Å². The Morgan fingerprint density at radius 2 is 1.75 bits per heavy atom. The molecule has 118 valence electrons. The van der Waals surface area contributed by atoms with Gasteiger partial charge in [0.2, 0.25) is 0 Å². The van der Waals surface area contributed by atoms with Gasteiger partial charge in [-0.25, -0.2) is 14.6 Å². The lowest BCUT2D eigenvalue weighted by molar-refractivity contribution is 0.896. The van der Waals surface area contributed by atoms with Crippen molar-refractivity contribution < 1.29 is 0 Å². The van der Waals surface area contributed by atoms with Gasteiger partial charge < -0.3 is 5.32 Å². The second-order valence-electron chi connectivity index (χ2n) is 5.34. The molecule has 2 aromatic heterocycles. The number of aromatic nitrogens is 4. The topological polar surface area (TPSA) is 55.6 Å². The van der Waals surface area contributed by atoms with Gasteiger partial charge in [0.25, 0.3) is 0 Å². The second kappa shape index (κ2) is 6.29. The van der Waals surface area contributed by atoms with Crippen molar-refractivity contribution in [1.29, 1.82) is 0 Å². The maximum Gasteiger partial charge on any atom is 0.181 e. The van der Waals surface area contributed by atoms with Crippen LogP contribution in [0.5, 0.6) is 0 Å². The van der Waals surface area contributed by atoms with Crippen LogP contribution < -0.4 is 5.32 Å². The molecule has 0 aliphatic carbocycles. The van der Waals surface area contributed by atoms with Crippen LogP contribution in [0.25, 0.3) is 16.9 Å². The van der Waals surface area contributed by atoms with Gasteiger partial charge in [0, 0.05) is 11.6 Å². The van der Waals surface area contributed by atoms with E-state index < -0.39 is 0 Å². The van der Waals surface area contributed by atoms with Crippen molar-refractivity contribution in [3.05, 3.63) is 77.6 Å². The Labute approximate surface area is 143 Å². The molecule has 0 aliphatic heterocycles. The Hall–Kier alpha value is -2.92. The van der Waals surface area contributed by atoms with Gasteiger partial charge >= 0.3 is 0 Å². The molecule has 0 aliphatic rings. The molecule has 0 bridgehead atoms. The lowest BCUT2D eigenvalue weighted by Crippen LogP contribution is -2.03. The third-order valence-electron chi connectivity index (χ3n) is 3.66. The quantitative estimate of drug-likeness (QED) is 0.610. The van der Waals surface area contributed by atoms with E-state index in [1.54, 1.807) is 17.1 Å². The molecular formula is C18H14ClN5. The maximum absolute atomic E-state index is 5.90. The Morgan fingerprint density at radius 3 is 2.54 bits per heavy atom. The molecule has 0 atom stereocenters. The fourth-order valence-electron chi connectivity index (χ4n) is 2.45. The van der Waals surface area contributed by atoms with E-state index in [-0.39, 0.29) is 0 Å². The van der Waals surface area contributed by atoms with Crippen LogP contribution in [0.3, 0.4) is 0 Å². The van der Waals surface area contributed by atoms with E-state index in [1.807, 2.05) is 54.6 Å². The molecule has 4 aromatic rings. The SMILES string of the molecule is Clc1ccc(CNc2cnc3c(cnn3-c3ccccc3)n2)cc1. The first-order valence-corrected chi connectivity index (χ1v) is 7.92. The van der Waals surface area contributed by atoms with E-state index in [9.17, 15) is 0 Å². The summed E-state index contributed by atoms with van der Waals surface area (Å²) in [6.45, 7) is 0.657. The predicted octanol–water partition coefficient (Wildman–Crippen LogP) is 4.08. The summed E-state index contributed by atoms with van der Waals surface area (Å²) in [7, 11) is 0. The average molecular weight is 336 g/mol. The molecule has 4 rings (SSSR count). The number of hydrogen-bond acceptors (Lipinski definition) is 4. The van der Waals surface area contributed by atoms with Crippen LogP contribution in [0.2, 0.25) is 5.02 Å². The number of fused-ring (bicyclic) bond motifs is 1. The Morgan fingerprint density at radius 1 is 0.958 bits per heavy atom. The van der Waals surface area contributed by atoms with Crippen LogP contribution in [0.15, 0.2) is 67.0 Å². The van der Waals surface area contributed by atoms with E-state index in [2.05, 4.69) is 20.4 Å². The van der Waals surface area contributed by atoms with Crippen LogP contribution >= 0.6 is 11.6 Å². The van der Waals surface area contributed by atoms with Crippen LogP contribution in [-0.2, 0) is 6.54 Å². The van der Waals surface area contributed by atoms with Crippen molar-refractivity contribution in [2.45, 2.75) is 6.54 Å². The Bertz CT molecular complexity index is 964. The molecule has 0 radical (unpaired) electrons. The van der Waals surface area contributed by atoms with Crippen LogP contribution in [-0.4, -0.2) is 19.7 Å². The molecule has 1 N–H and O–H groups in total. The molecule has 0 saturated heterocycles. The number of hydrogen-bond donors (Lipinski definition) is 1. The van der Waals surface area contributed by atoms with Crippen molar-refractivity contribution in [3.63, 3.8) is 0 Å². The summed E-state index contributed by atoms with van der Waals surface area (Å²) in [5.74, 6) is 0.713. The third kappa shape index (κ3) is 2.94. The maximum atomic E-state index is 5.90. The monoisotopic (exact) mass is 335 g/mol. The minimum atomic E-state index is 0.657. The van der Waals surface area contributed by atoms with Gasteiger partial charge in [-0.05, 0) is 29.8 Å². The first kappa shape index (κ1) is 14.7. The highest BCUT2D eigenvalue weighted by Crippen LogP contribution is 2.17. The van der Waals surface area contributed by atoms with Crippen LogP contribution in [0.4, 0.5) is 5.82 Å². The summed E-state index contributed by atoms with van der Waals surface area (Å²) in [6.07, 6.45) is 3.45. The largest absolute Gasteiger partial charge is 0.365 e. The predicted molar refractivity (Wildman–Crippen MR) is 95.4 cm³/mol. The zero-order valence-electron chi connectivity index (χ0n) is 12.7. The normalized spacial score (nSPS) is 10.9. The highest BCUT2D eigenvalue weighted by molar-refractivity contribution is 6.30. The van der Waals surface area contributed by atoms with Gasteiger partial charge in [0.05, 0.1) is 18.1 Å². The van der Waals surface area contributed by atoms with Crippen LogP contribution in [0, 0.1) is 0 Å². The van der Waals surface area contributed by atoms with E-state index >= 15 is 0 Å². The molecular weight excluding hydrogens is 322 g/mol. The lowest BCUT2D eigenvalue weighted by Gasteiger charge is -2.06. The molecule has 0 unspecified atom stereocenters. The fourth-order valence-corrected chi connectivity index (χ4v) is 2.58. The molecule has 5 nitrogen and oxygen atoms in total. The molecule has 0 spiro atoms. The zero-order chi connectivity index (χ0) is 16.4. The summed E-state index contributed by atoms with van der Waals surface area (Å²) < 4.78 is 1.78. The minimum absolute atomic E-state index is 0.657. The fraction of sp³-hybridized carbons (Fsp3) is 0.0556. The summed E-state index contributed by atoms with van der Waals surface area (Å²) in [6, 6.07) is 17.6. The number of rotatable bonds is 4. The first-order chi connectivity index (χ1) is 11.8. The van der Waals surface area contributed by atoms with Gasteiger partial charge in [0.1, 0.15) is 11.3 Å². The summed E-state index contributed by atoms with van der Waals surface area (Å²) in [5.41, 5.74) is 3.57. The van der Waals surface area contributed by atoms with Gasteiger partial charge in [-0.1, -0.05) is 41.9 Å². The Balaban J connectivity index is 1.57. The number of anilines is 1. The van der Waals surface area contributed by atoms with Gasteiger partial charge in [0.15, 0.2) is 5.65 Å². The van der Waals surface area contributed by atoms with Crippen molar-refractivity contribution >= 4 is 28.6 Å². The van der Waals surface area contributed by atoms with Crippen molar-refractivity contribution in [1.82, 2.24) is 19.7 Å². The van der Waals surface area contributed by atoms with Gasteiger partial charge in [-0.15, -0.1) is 0 Å². The second-order valence-corrected chi connectivity index (χ2v) is 5.77. The average Bonchev–Trinajstić information content (AvgIpc) is 3.05. The van der Waals surface area contributed by atoms with E-state index in [4.69, 9.17) is 11.6 Å². The number of nitrogens with one attached hydrogen (secondary N) is 1. The summed E-state index contributed by atoms with van der Waals surface area (Å²) in [5, 5.41) is 8.38. The first-order valence-electron chi connectivity index (χ1n) is 7.54. The van der Waals surface area contributed by atoms with Gasteiger partial charge in [-0.3, -0.25) is 0 Å². The minimum Gasteiger partial charge on any atom is -0.365 e. The van der Waals surface area contributed by atoms with Crippen LogP contribution in [0.1, 0.15) is 5.56 Å². The molecule has 2 aromatic carbocycles. The number of benzene rings is 2. The molecule has 6 heteroatoms. The number of nitrogens with zero attached hydrogens (tertiary/aromatic N) is 4. The Kier molecular flexibility index (Phi) is 3.84. The summed E-state index contributed by atoms with van der Waals surface area (Å²) in [4.78, 5) is 9.07. The molecule has 0 amide bonds. The summed E-state index contributed by atoms with van der Waals surface area (Å²) >= 11 is 5.90.